The molecule has 0 saturated heterocycles. The summed E-state index contributed by atoms with van der Waals surface area (Å²) < 4.78 is 0. The van der Waals surface area contributed by atoms with Gasteiger partial charge in [-0.25, -0.2) is 0 Å². The van der Waals surface area contributed by atoms with Crippen molar-refractivity contribution in [2.75, 3.05) is 0 Å². The average molecular weight is 587 g/mol. The first-order chi connectivity index (χ1) is 22.2. The lowest BCUT2D eigenvalue weighted by atomic mass is 9.93. The van der Waals surface area contributed by atoms with Crippen molar-refractivity contribution in [2.45, 2.75) is 47.5 Å². The quantitative estimate of drug-likeness (QED) is 0.142. The first-order valence-corrected chi connectivity index (χ1v) is 16.4. The second-order valence-corrected chi connectivity index (χ2v) is 10.6. The van der Waals surface area contributed by atoms with Gasteiger partial charge in [-0.05, 0) is 122 Å². The summed E-state index contributed by atoms with van der Waals surface area (Å²) in [5, 5.41) is 5.09. The normalized spacial score (nSPS) is 11.6. The molecule has 1 aliphatic carbocycles. The molecule has 0 aromatic heterocycles. The molecule has 1 aliphatic rings. The Kier molecular flexibility index (Phi) is 12.3. The molecule has 0 N–H and O–H groups in total. The summed E-state index contributed by atoms with van der Waals surface area (Å²) in [5.41, 5.74) is 10.3. The third-order valence-electron chi connectivity index (χ3n) is 7.68. The molecular formula is C45H46. The van der Waals surface area contributed by atoms with Crippen LogP contribution in [-0.4, -0.2) is 0 Å². The van der Waals surface area contributed by atoms with Crippen LogP contribution in [0.4, 0.5) is 0 Å². The molecule has 0 heteroatoms. The van der Waals surface area contributed by atoms with E-state index in [-0.39, 0.29) is 0 Å². The van der Waals surface area contributed by atoms with Crippen molar-refractivity contribution in [1.29, 1.82) is 0 Å². The van der Waals surface area contributed by atoms with Crippen LogP contribution in [0.1, 0.15) is 53.0 Å². The molecule has 0 atom stereocenters. The van der Waals surface area contributed by atoms with Crippen molar-refractivity contribution in [3.8, 4) is 33.4 Å². The number of benzene rings is 6. The fourth-order valence-corrected chi connectivity index (χ4v) is 5.61. The van der Waals surface area contributed by atoms with Crippen LogP contribution in [0.25, 0.3) is 60.5 Å². The molecule has 6 aromatic rings. The van der Waals surface area contributed by atoms with Crippen LogP contribution in [0.2, 0.25) is 0 Å². The van der Waals surface area contributed by atoms with E-state index in [1.807, 2.05) is 34.6 Å². The highest BCUT2D eigenvalue weighted by atomic mass is 14.1. The van der Waals surface area contributed by atoms with Gasteiger partial charge in [-0.3, -0.25) is 0 Å². The fourth-order valence-electron chi connectivity index (χ4n) is 5.61. The Morgan fingerprint density at radius 1 is 0.467 bits per heavy atom. The number of rotatable bonds is 4. The van der Waals surface area contributed by atoms with Crippen molar-refractivity contribution in [1.82, 2.24) is 0 Å². The Hall–Kier alpha value is -4.94. The minimum atomic E-state index is 1.11. The Labute approximate surface area is 271 Å². The Bertz CT molecular complexity index is 1900. The van der Waals surface area contributed by atoms with E-state index in [2.05, 4.69) is 152 Å². The molecule has 0 bridgehead atoms. The van der Waals surface area contributed by atoms with Crippen LogP contribution in [0, 0.1) is 0 Å². The van der Waals surface area contributed by atoms with Crippen LogP contribution in [0.5, 0.6) is 0 Å². The van der Waals surface area contributed by atoms with Gasteiger partial charge in [0.2, 0.25) is 0 Å². The maximum atomic E-state index is 3.36. The van der Waals surface area contributed by atoms with Crippen LogP contribution in [0.3, 0.4) is 0 Å². The van der Waals surface area contributed by atoms with Gasteiger partial charge in [0.25, 0.3) is 0 Å². The Balaban J connectivity index is 0.000000612. The monoisotopic (exact) mass is 586 g/mol. The molecule has 0 saturated carbocycles. The second-order valence-electron chi connectivity index (χ2n) is 10.6. The van der Waals surface area contributed by atoms with E-state index in [9.17, 15) is 0 Å². The Morgan fingerprint density at radius 3 is 1.42 bits per heavy atom. The molecule has 0 unspecified atom stereocenters. The van der Waals surface area contributed by atoms with Crippen LogP contribution in [-0.2, 0) is 0 Å². The van der Waals surface area contributed by atoms with E-state index in [0.717, 1.165) is 12.8 Å². The van der Waals surface area contributed by atoms with E-state index in [1.54, 1.807) is 6.08 Å². The van der Waals surface area contributed by atoms with Gasteiger partial charge in [0.1, 0.15) is 0 Å². The Morgan fingerprint density at radius 2 is 0.911 bits per heavy atom. The number of hydrogen-bond donors (Lipinski definition) is 0. The highest BCUT2D eigenvalue weighted by Gasteiger charge is 2.08. The predicted octanol–water partition coefficient (Wildman–Crippen LogP) is 14.0. The summed E-state index contributed by atoms with van der Waals surface area (Å²) in [7, 11) is 0. The lowest BCUT2D eigenvalue weighted by molar-refractivity contribution is 1.05. The standard InChI is InChI=1S/C38H28.C3H6.2C2H6/c1-3-9-27(10-4-1)29-13-7-15-31(21-29)33-17-19-35-26-38-24-34(18-20-36(38)25-37(35)23-33)32-16-8-14-30(22-32)28-11-5-2-6-12-28;1-3-2;2*1-2/h1-5,7-11,13-26H,6,12H2;3H,1H2,2H3;2*1-2H3. The smallest absolute Gasteiger partial charge is 0.0171 e. The highest BCUT2D eigenvalue weighted by molar-refractivity contribution is 6.01. The van der Waals surface area contributed by atoms with E-state index < -0.39 is 0 Å². The van der Waals surface area contributed by atoms with Gasteiger partial charge in [0.15, 0.2) is 0 Å². The van der Waals surface area contributed by atoms with Gasteiger partial charge in [0, 0.05) is 0 Å². The van der Waals surface area contributed by atoms with Crippen molar-refractivity contribution >= 4 is 27.1 Å². The second kappa shape index (κ2) is 16.8. The van der Waals surface area contributed by atoms with Crippen LogP contribution >= 0.6 is 0 Å². The zero-order valence-corrected chi connectivity index (χ0v) is 27.6. The first kappa shape index (κ1) is 33.0. The van der Waals surface area contributed by atoms with Crippen molar-refractivity contribution in [3.63, 3.8) is 0 Å². The molecule has 7 rings (SSSR count). The molecule has 0 radical (unpaired) electrons. The summed E-state index contributed by atoms with van der Waals surface area (Å²) >= 11 is 0. The van der Waals surface area contributed by atoms with E-state index >= 15 is 0 Å². The van der Waals surface area contributed by atoms with E-state index in [0.29, 0.717) is 0 Å². The SMILES string of the molecule is C1=CCCC(c2cccc(-c3ccc4cc5cc(-c6cccc(-c7ccccc7)c6)ccc5cc4c3)c2)=C1.C=CC.CC.CC. The number of fused-ring (bicyclic) bond motifs is 2. The maximum Gasteiger partial charge on any atom is -0.0171 e. The van der Waals surface area contributed by atoms with Gasteiger partial charge in [0.05, 0.1) is 0 Å². The highest BCUT2D eigenvalue weighted by Crippen LogP contribution is 2.33. The maximum absolute atomic E-state index is 3.36. The minimum Gasteiger partial charge on any atom is -0.103 e. The largest absolute Gasteiger partial charge is 0.103 e. The third kappa shape index (κ3) is 8.16. The van der Waals surface area contributed by atoms with E-state index in [4.69, 9.17) is 0 Å². The van der Waals surface area contributed by atoms with Gasteiger partial charge < -0.3 is 0 Å². The van der Waals surface area contributed by atoms with Crippen LogP contribution in [0.15, 0.2) is 158 Å². The van der Waals surface area contributed by atoms with Gasteiger partial charge in [-0.2, -0.15) is 0 Å². The van der Waals surface area contributed by atoms with Gasteiger partial charge >= 0.3 is 0 Å². The van der Waals surface area contributed by atoms with Crippen molar-refractivity contribution < 1.29 is 0 Å². The lowest BCUT2D eigenvalue weighted by Crippen LogP contribution is -1.89. The van der Waals surface area contributed by atoms with Crippen molar-refractivity contribution in [2.24, 2.45) is 0 Å². The topological polar surface area (TPSA) is 0 Å². The summed E-state index contributed by atoms with van der Waals surface area (Å²) in [5.74, 6) is 0. The van der Waals surface area contributed by atoms with Crippen LogP contribution < -0.4 is 0 Å². The molecule has 0 spiro atoms. The number of allylic oxidation sites excluding steroid dienone is 5. The summed E-state index contributed by atoms with van der Waals surface area (Å²) in [6.45, 7) is 13.2. The summed E-state index contributed by atoms with van der Waals surface area (Å²) in [6, 6.07) is 46.7. The zero-order chi connectivity index (χ0) is 32.0. The summed E-state index contributed by atoms with van der Waals surface area (Å²) in [4.78, 5) is 0. The molecule has 0 aliphatic heterocycles. The fraction of sp³-hybridized carbons (Fsp3) is 0.156. The van der Waals surface area contributed by atoms with Gasteiger partial charge in [-0.15, -0.1) is 6.58 Å². The average Bonchev–Trinajstić information content (AvgIpc) is 3.13. The molecule has 6 aromatic carbocycles. The molecule has 226 valence electrons. The number of hydrogen-bond acceptors (Lipinski definition) is 0. The molecule has 0 heterocycles. The predicted molar refractivity (Wildman–Crippen MR) is 203 cm³/mol. The van der Waals surface area contributed by atoms with E-state index in [1.165, 1.54) is 66.1 Å². The zero-order valence-electron chi connectivity index (χ0n) is 27.6. The molecule has 0 amide bonds. The van der Waals surface area contributed by atoms with Crippen molar-refractivity contribution in [3.05, 3.63) is 164 Å². The first-order valence-electron chi connectivity index (χ1n) is 16.4. The lowest BCUT2D eigenvalue weighted by Gasteiger charge is -2.12. The third-order valence-corrected chi connectivity index (χ3v) is 7.68. The molecule has 45 heavy (non-hydrogen) atoms. The minimum absolute atomic E-state index is 1.11. The molecular weight excluding hydrogens is 540 g/mol. The molecule has 0 fully saturated rings. The van der Waals surface area contributed by atoms with Gasteiger partial charge in [-0.1, -0.05) is 143 Å². The summed E-state index contributed by atoms with van der Waals surface area (Å²) in [6.07, 6.45) is 10.7. The molecule has 0 nitrogen and oxygen atoms in total.